The molecule has 1 aromatic rings. The molecule has 0 saturated carbocycles. The summed E-state index contributed by atoms with van der Waals surface area (Å²) in [5, 5.41) is 3.44. The van der Waals surface area contributed by atoms with Gasteiger partial charge >= 0.3 is 6.18 Å². The fourth-order valence-electron chi connectivity index (χ4n) is 3.97. The van der Waals surface area contributed by atoms with Crippen molar-refractivity contribution < 1.29 is 13.2 Å². The number of hydrogen-bond acceptors (Lipinski definition) is 6. The zero-order chi connectivity index (χ0) is 21.9. The lowest BCUT2D eigenvalue weighted by molar-refractivity contribution is -0.0964. The van der Waals surface area contributed by atoms with E-state index in [0.717, 1.165) is 56.8 Å². The van der Waals surface area contributed by atoms with E-state index in [4.69, 9.17) is 11.5 Å². The summed E-state index contributed by atoms with van der Waals surface area (Å²) < 4.78 is 40.4. The highest BCUT2D eigenvalue weighted by Crippen LogP contribution is 2.39. The van der Waals surface area contributed by atoms with Crippen LogP contribution in [0.3, 0.4) is 0 Å². The van der Waals surface area contributed by atoms with Crippen LogP contribution in [0.1, 0.15) is 51.0 Å². The lowest BCUT2D eigenvalue weighted by atomic mass is 9.85. The molecule has 0 amide bonds. The van der Waals surface area contributed by atoms with Crippen LogP contribution in [0.4, 0.5) is 19.0 Å². The molecule has 6 nitrogen and oxygen atoms in total. The maximum atomic E-state index is 13.5. The number of anilines is 1. The molecule has 2 aliphatic rings. The summed E-state index contributed by atoms with van der Waals surface area (Å²) >= 11 is 0. The van der Waals surface area contributed by atoms with Crippen molar-refractivity contribution in [3.05, 3.63) is 41.0 Å². The second-order valence-electron chi connectivity index (χ2n) is 8.12. The first-order valence-corrected chi connectivity index (χ1v) is 10.6. The van der Waals surface area contributed by atoms with Gasteiger partial charge in [0.15, 0.2) is 5.82 Å². The molecule has 2 heterocycles. The van der Waals surface area contributed by atoms with Gasteiger partial charge in [0, 0.05) is 43.0 Å². The number of allylic oxidation sites excluding steroid dienone is 1. The summed E-state index contributed by atoms with van der Waals surface area (Å²) in [5.41, 5.74) is 10.2. The van der Waals surface area contributed by atoms with Crippen LogP contribution in [-0.4, -0.2) is 41.8 Å². The predicted molar refractivity (Wildman–Crippen MR) is 112 cm³/mol. The van der Waals surface area contributed by atoms with E-state index in [1.54, 1.807) is 0 Å². The van der Waals surface area contributed by atoms with E-state index in [0.29, 0.717) is 6.04 Å². The van der Waals surface area contributed by atoms with Crippen molar-refractivity contribution in [2.45, 2.75) is 63.7 Å². The number of aromatic nitrogens is 2. The van der Waals surface area contributed by atoms with Crippen LogP contribution in [0.15, 0.2) is 29.5 Å². The Morgan fingerprint density at radius 3 is 2.73 bits per heavy atom. The number of likely N-dealkylation sites (N-methyl/N-ethyl adjacent to an activating group) is 1. The van der Waals surface area contributed by atoms with Gasteiger partial charge in [0.25, 0.3) is 0 Å². The topological polar surface area (TPSA) is 93.1 Å². The molecule has 1 aromatic heterocycles. The van der Waals surface area contributed by atoms with E-state index < -0.39 is 23.7 Å². The molecule has 0 radical (unpaired) electrons. The summed E-state index contributed by atoms with van der Waals surface area (Å²) in [6.07, 6.45) is 1.34. The summed E-state index contributed by atoms with van der Waals surface area (Å²) in [5.74, 6) is 0.935. The largest absolute Gasteiger partial charge is 0.414 e. The first-order chi connectivity index (χ1) is 14.2. The van der Waals surface area contributed by atoms with Crippen LogP contribution in [0.25, 0.3) is 0 Å². The summed E-state index contributed by atoms with van der Waals surface area (Å²) in [6, 6.07) is 2.31. The third-order valence-electron chi connectivity index (χ3n) is 5.69. The fourth-order valence-corrected chi connectivity index (χ4v) is 3.97. The van der Waals surface area contributed by atoms with Gasteiger partial charge in [0.05, 0.1) is 11.1 Å². The summed E-state index contributed by atoms with van der Waals surface area (Å²) in [4.78, 5) is 11.4. The van der Waals surface area contributed by atoms with Crippen LogP contribution >= 0.6 is 0 Å². The normalized spacial score (nSPS) is 24.7. The molecular weight excluding hydrogens is 393 g/mol. The first-order valence-electron chi connectivity index (χ1n) is 10.6. The van der Waals surface area contributed by atoms with Crippen molar-refractivity contribution in [3.63, 3.8) is 0 Å². The second kappa shape index (κ2) is 8.93. The van der Waals surface area contributed by atoms with Gasteiger partial charge in [0.1, 0.15) is 5.82 Å². The number of nitrogens with zero attached hydrogens (tertiary/aromatic N) is 3. The molecule has 2 unspecified atom stereocenters. The number of unbranched alkanes of at least 4 members (excludes halogenated alkanes) is 1. The number of nitrogens with one attached hydrogen (secondary N) is 1. The van der Waals surface area contributed by atoms with E-state index >= 15 is 0 Å². The minimum atomic E-state index is -4.55. The van der Waals surface area contributed by atoms with Gasteiger partial charge in [-0.05, 0) is 31.9 Å². The Bertz CT molecular complexity index is 819. The van der Waals surface area contributed by atoms with E-state index in [-0.39, 0.29) is 11.5 Å². The monoisotopic (exact) mass is 424 g/mol. The molecule has 3 rings (SSSR count). The maximum Gasteiger partial charge on any atom is 0.414 e. The molecule has 9 heteroatoms. The van der Waals surface area contributed by atoms with Gasteiger partial charge in [-0.25, -0.2) is 9.97 Å². The Hall–Kier alpha value is -2.13. The van der Waals surface area contributed by atoms with E-state index in [1.165, 1.54) is 12.2 Å². The Morgan fingerprint density at radius 1 is 1.30 bits per heavy atom. The Balaban J connectivity index is 1.95. The Kier molecular flexibility index (Phi) is 6.71. The number of halogens is 3. The van der Waals surface area contributed by atoms with Crippen molar-refractivity contribution in [1.82, 2.24) is 15.3 Å². The predicted octanol–water partition coefficient (Wildman–Crippen LogP) is 2.90. The lowest BCUT2D eigenvalue weighted by Crippen LogP contribution is -2.42. The number of aryl methyl sites for hydroxylation is 1. The fraction of sp³-hybridized carbons (Fsp3) is 0.619. The third-order valence-corrected chi connectivity index (χ3v) is 5.69. The zero-order valence-corrected chi connectivity index (χ0v) is 17.6. The average Bonchev–Trinajstić information content (AvgIpc) is 3.16. The first kappa shape index (κ1) is 22.6. The quantitative estimate of drug-likeness (QED) is 0.623. The van der Waals surface area contributed by atoms with E-state index in [2.05, 4.69) is 34.0 Å². The van der Waals surface area contributed by atoms with Crippen molar-refractivity contribution in [1.29, 1.82) is 0 Å². The van der Waals surface area contributed by atoms with Gasteiger partial charge < -0.3 is 21.7 Å². The van der Waals surface area contributed by atoms with Crippen LogP contribution < -0.4 is 21.7 Å². The highest BCUT2D eigenvalue weighted by Gasteiger charge is 2.44. The van der Waals surface area contributed by atoms with E-state index in [9.17, 15) is 13.2 Å². The van der Waals surface area contributed by atoms with Gasteiger partial charge in [-0.15, -0.1) is 0 Å². The molecule has 0 aromatic carbocycles. The lowest BCUT2D eigenvalue weighted by Gasteiger charge is -2.31. The smallest absolute Gasteiger partial charge is 0.399 e. The average molecular weight is 425 g/mol. The number of nitrogens with two attached hydrogens (primary N) is 2. The molecule has 1 aliphatic carbocycles. The molecule has 1 aliphatic heterocycles. The maximum absolute atomic E-state index is 13.5. The highest BCUT2D eigenvalue weighted by molar-refractivity contribution is 5.45. The van der Waals surface area contributed by atoms with Crippen LogP contribution in [0.5, 0.6) is 0 Å². The number of rotatable bonds is 7. The second-order valence-corrected chi connectivity index (χ2v) is 8.12. The van der Waals surface area contributed by atoms with Crippen LogP contribution in [0, 0.1) is 0 Å². The zero-order valence-electron chi connectivity index (χ0n) is 17.6. The SMILES string of the molecule is CCCCc1cc(N2CCC(NCC)C2)nc(C2(N)C=CC(N)=C(C(F)(F)F)C2)n1. The minimum absolute atomic E-state index is 0.212. The van der Waals surface area contributed by atoms with Gasteiger partial charge in [0.2, 0.25) is 0 Å². The van der Waals surface area contributed by atoms with Crippen LogP contribution in [-0.2, 0) is 12.0 Å². The van der Waals surface area contributed by atoms with Crippen molar-refractivity contribution in [2.24, 2.45) is 11.5 Å². The number of hydrogen-bond donors (Lipinski definition) is 3. The van der Waals surface area contributed by atoms with Crippen molar-refractivity contribution in [2.75, 3.05) is 24.5 Å². The Morgan fingerprint density at radius 2 is 2.07 bits per heavy atom. The summed E-state index contributed by atoms with van der Waals surface area (Å²) in [7, 11) is 0. The molecule has 2 atom stereocenters. The molecule has 1 saturated heterocycles. The van der Waals surface area contributed by atoms with E-state index in [1.807, 2.05) is 6.07 Å². The molecule has 0 spiro atoms. The minimum Gasteiger partial charge on any atom is -0.399 e. The molecule has 5 N–H and O–H groups in total. The standard InChI is InChI=1S/C21H31F3N6/c1-3-5-6-14-11-18(30-10-8-15(13-30)27-4-2)29-19(28-14)20(26)9-7-17(25)16(12-20)21(22,23)24/h7,9,11,15,27H,3-6,8,10,12-13,25-26H2,1-2H3. The number of alkyl halides is 3. The van der Waals surface area contributed by atoms with Crippen LogP contribution in [0.2, 0.25) is 0 Å². The molecule has 0 bridgehead atoms. The Labute approximate surface area is 175 Å². The van der Waals surface area contributed by atoms with Gasteiger partial charge in [-0.1, -0.05) is 26.3 Å². The molecule has 1 fully saturated rings. The molecular formula is C21H31F3N6. The molecule has 166 valence electrons. The molecule has 30 heavy (non-hydrogen) atoms. The van der Waals surface area contributed by atoms with Crippen molar-refractivity contribution >= 4 is 5.82 Å². The third kappa shape index (κ3) is 4.95. The van der Waals surface area contributed by atoms with Gasteiger partial charge in [-0.2, -0.15) is 13.2 Å². The highest BCUT2D eigenvalue weighted by atomic mass is 19.4. The van der Waals surface area contributed by atoms with Gasteiger partial charge in [-0.3, -0.25) is 0 Å². The summed E-state index contributed by atoms with van der Waals surface area (Å²) in [6.45, 7) is 6.67. The van der Waals surface area contributed by atoms with Crippen molar-refractivity contribution in [3.8, 4) is 0 Å².